The third-order valence-electron chi connectivity index (χ3n) is 7.23. The summed E-state index contributed by atoms with van der Waals surface area (Å²) in [5.74, 6) is -0.117. The van der Waals surface area contributed by atoms with Gasteiger partial charge in [0.15, 0.2) is 0 Å². The van der Waals surface area contributed by atoms with Crippen LogP contribution in [0.15, 0.2) is 0 Å². The van der Waals surface area contributed by atoms with E-state index in [2.05, 4.69) is 9.80 Å². The summed E-state index contributed by atoms with van der Waals surface area (Å²) in [7, 11) is 0. The van der Waals surface area contributed by atoms with Crippen LogP contribution in [0.1, 0.15) is 44.9 Å². The average Bonchev–Trinajstić information content (AvgIpc) is 3.27. The first kappa shape index (κ1) is 20.1. The van der Waals surface area contributed by atoms with Crippen LogP contribution >= 0.6 is 0 Å². The SMILES string of the molecule is NC(=O)[C@]12CCC[C@H](CC1)N2CC(O)CN1CCN(C(=O)C2CCCO2)CC1. The Bertz CT molecular complexity index is 585. The van der Waals surface area contributed by atoms with Crippen LogP contribution in [-0.2, 0) is 14.3 Å². The highest BCUT2D eigenvalue weighted by atomic mass is 16.5. The summed E-state index contributed by atoms with van der Waals surface area (Å²) in [5, 5.41) is 10.7. The molecule has 4 fully saturated rings. The lowest BCUT2D eigenvalue weighted by Crippen LogP contribution is -2.60. The molecule has 2 unspecified atom stereocenters. The molecule has 0 aromatic heterocycles. The number of nitrogens with zero attached hydrogens (tertiary/aromatic N) is 3. The highest BCUT2D eigenvalue weighted by molar-refractivity contribution is 5.85. The lowest BCUT2D eigenvalue weighted by Gasteiger charge is -2.44. The van der Waals surface area contributed by atoms with Crippen LogP contribution in [0.25, 0.3) is 0 Å². The molecule has 158 valence electrons. The molecule has 4 saturated heterocycles. The van der Waals surface area contributed by atoms with Crippen molar-refractivity contribution < 1.29 is 19.4 Å². The molecule has 0 radical (unpaired) electrons. The lowest BCUT2D eigenvalue weighted by molar-refractivity contribution is -0.142. The zero-order valence-electron chi connectivity index (χ0n) is 16.7. The van der Waals surface area contributed by atoms with Crippen molar-refractivity contribution in [3.05, 3.63) is 0 Å². The number of nitrogens with two attached hydrogens (primary N) is 1. The smallest absolute Gasteiger partial charge is 0.251 e. The topological polar surface area (TPSA) is 99.3 Å². The van der Waals surface area contributed by atoms with E-state index in [0.717, 1.165) is 58.0 Å². The second-order valence-electron chi connectivity index (χ2n) is 8.91. The molecular weight excluding hydrogens is 360 g/mol. The van der Waals surface area contributed by atoms with Gasteiger partial charge in [0.25, 0.3) is 5.91 Å². The number of rotatable bonds is 6. The average molecular weight is 395 g/mol. The number of aliphatic hydroxyl groups is 1. The minimum Gasteiger partial charge on any atom is -0.390 e. The van der Waals surface area contributed by atoms with Gasteiger partial charge in [-0.05, 0) is 44.9 Å². The minimum absolute atomic E-state index is 0.117. The monoisotopic (exact) mass is 394 g/mol. The molecule has 4 aliphatic rings. The molecule has 0 spiro atoms. The van der Waals surface area contributed by atoms with E-state index in [9.17, 15) is 14.7 Å². The molecular formula is C20H34N4O4. The van der Waals surface area contributed by atoms with E-state index in [0.29, 0.717) is 38.8 Å². The van der Waals surface area contributed by atoms with Crippen LogP contribution in [0.2, 0.25) is 0 Å². The van der Waals surface area contributed by atoms with Crippen molar-refractivity contribution in [1.29, 1.82) is 0 Å². The summed E-state index contributed by atoms with van der Waals surface area (Å²) in [6.07, 6.45) is 5.80. The minimum atomic E-state index is -0.545. The number of carbonyl (C=O) groups is 2. The van der Waals surface area contributed by atoms with Crippen LogP contribution in [0.4, 0.5) is 0 Å². The van der Waals surface area contributed by atoms with E-state index in [1.165, 1.54) is 0 Å². The van der Waals surface area contributed by atoms with Crippen LogP contribution in [-0.4, -0.2) is 101 Å². The third-order valence-corrected chi connectivity index (χ3v) is 7.23. The molecule has 8 heteroatoms. The van der Waals surface area contributed by atoms with Crippen LogP contribution in [0.5, 0.6) is 0 Å². The Morgan fingerprint density at radius 3 is 2.54 bits per heavy atom. The molecule has 0 aromatic rings. The largest absolute Gasteiger partial charge is 0.390 e. The molecule has 0 saturated carbocycles. The third kappa shape index (κ3) is 3.79. The zero-order chi connectivity index (χ0) is 19.7. The van der Waals surface area contributed by atoms with E-state index in [-0.39, 0.29) is 17.9 Å². The van der Waals surface area contributed by atoms with Gasteiger partial charge in [0.05, 0.1) is 6.10 Å². The number of piperidine rings is 1. The summed E-state index contributed by atoms with van der Waals surface area (Å²) >= 11 is 0. The van der Waals surface area contributed by atoms with Crippen molar-refractivity contribution in [2.24, 2.45) is 5.73 Å². The van der Waals surface area contributed by atoms with E-state index < -0.39 is 11.6 Å². The summed E-state index contributed by atoms with van der Waals surface area (Å²) in [5.41, 5.74) is 5.22. The standard InChI is InChI=1S/C20H34N4O4/c21-19(27)20-6-1-3-15(5-7-20)24(20)14-16(25)13-22-8-10-23(11-9-22)18(26)17-4-2-12-28-17/h15-17,25H,1-14H2,(H2,21,27)/t15-,16?,17?,20+/m1/s1. The van der Waals surface area contributed by atoms with E-state index >= 15 is 0 Å². The Morgan fingerprint density at radius 1 is 1.07 bits per heavy atom. The van der Waals surface area contributed by atoms with Crippen LogP contribution < -0.4 is 5.73 Å². The molecule has 4 aliphatic heterocycles. The van der Waals surface area contributed by atoms with E-state index in [4.69, 9.17) is 10.5 Å². The quantitative estimate of drug-likeness (QED) is 0.633. The number of hydrogen-bond donors (Lipinski definition) is 2. The number of ether oxygens (including phenoxy) is 1. The number of β-amino-alcohol motifs (C(OH)–C–C–N with tert-alkyl or cyclic N) is 1. The molecule has 2 amide bonds. The summed E-state index contributed by atoms with van der Waals surface area (Å²) in [6.45, 7) is 4.65. The summed E-state index contributed by atoms with van der Waals surface area (Å²) in [6, 6.07) is 0.372. The van der Waals surface area contributed by atoms with E-state index in [1.807, 2.05) is 4.90 Å². The van der Waals surface area contributed by atoms with E-state index in [1.54, 1.807) is 0 Å². The molecule has 3 N–H and O–H groups in total. The predicted molar refractivity (Wildman–Crippen MR) is 104 cm³/mol. The van der Waals surface area contributed by atoms with Gasteiger partial charge in [-0.25, -0.2) is 0 Å². The van der Waals surface area contributed by atoms with Gasteiger partial charge in [-0.15, -0.1) is 0 Å². The van der Waals surface area contributed by atoms with Gasteiger partial charge in [0.2, 0.25) is 5.91 Å². The van der Waals surface area contributed by atoms with Crippen molar-refractivity contribution in [2.45, 2.75) is 68.7 Å². The molecule has 0 aromatic carbocycles. The summed E-state index contributed by atoms with van der Waals surface area (Å²) < 4.78 is 5.51. The first-order valence-corrected chi connectivity index (χ1v) is 10.9. The van der Waals surface area contributed by atoms with Gasteiger partial charge >= 0.3 is 0 Å². The lowest BCUT2D eigenvalue weighted by atomic mass is 9.87. The van der Waals surface area contributed by atoms with Gasteiger partial charge in [-0.2, -0.15) is 0 Å². The molecule has 0 aliphatic carbocycles. The molecule has 4 heterocycles. The van der Waals surface area contributed by atoms with Crippen molar-refractivity contribution in [3.8, 4) is 0 Å². The predicted octanol–water partition coefficient (Wildman–Crippen LogP) is -0.457. The Hall–Kier alpha value is -1.22. The van der Waals surface area contributed by atoms with Crippen molar-refractivity contribution in [2.75, 3.05) is 45.9 Å². The molecule has 4 rings (SSSR count). The van der Waals surface area contributed by atoms with Gasteiger partial charge in [-0.1, -0.05) is 0 Å². The Balaban J connectivity index is 1.26. The number of fused-ring (bicyclic) bond motifs is 2. The van der Waals surface area contributed by atoms with Gasteiger partial charge < -0.3 is 20.5 Å². The Labute approximate surface area is 167 Å². The Morgan fingerprint density at radius 2 is 1.86 bits per heavy atom. The van der Waals surface area contributed by atoms with Gasteiger partial charge in [-0.3, -0.25) is 19.4 Å². The number of amides is 2. The molecule has 28 heavy (non-hydrogen) atoms. The second kappa shape index (κ2) is 8.26. The number of primary amides is 1. The molecule has 4 atom stereocenters. The number of aliphatic hydroxyl groups excluding tert-OH is 1. The Kier molecular flexibility index (Phi) is 5.92. The highest BCUT2D eigenvalue weighted by Gasteiger charge is 2.52. The fourth-order valence-corrected chi connectivity index (χ4v) is 5.67. The van der Waals surface area contributed by atoms with Crippen LogP contribution in [0.3, 0.4) is 0 Å². The zero-order valence-corrected chi connectivity index (χ0v) is 16.7. The summed E-state index contributed by atoms with van der Waals surface area (Å²) in [4.78, 5) is 30.9. The second-order valence-corrected chi connectivity index (χ2v) is 8.91. The fourth-order valence-electron chi connectivity index (χ4n) is 5.67. The maximum absolute atomic E-state index is 12.5. The maximum atomic E-state index is 12.5. The first-order valence-electron chi connectivity index (χ1n) is 10.9. The first-order chi connectivity index (χ1) is 13.5. The number of piperazine rings is 1. The van der Waals surface area contributed by atoms with Gasteiger partial charge in [0, 0.05) is 51.9 Å². The number of hydrogen-bond acceptors (Lipinski definition) is 6. The fraction of sp³-hybridized carbons (Fsp3) is 0.900. The molecule has 2 bridgehead atoms. The highest BCUT2D eigenvalue weighted by Crippen LogP contribution is 2.43. The van der Waals surface area contributed by atoms with Crippen molar-refractivity contribution in [1.82, 2.24) is 14.7 Å². The maximum Gasteiger partial charge on any atom is 0.251 e. The molecule has 8 nitrogen and oxygen atoms in total. The van der Waals surface area contributed by atoms with Crippen molar-refractivity contribution >= 4 is 11.8 Å². The normalized spacial score (nSPS) is 35.2. The number of carbonyl (C=O) groups excluding carboxylic acids is 2. The van der Waals surface area contributed by atoms with Gasteiger partial charge in [0.1, 0.15) is 11.6 Å². The van der Waals surface area contributed by atoms with Crippen LogP contribution in [0, 0.1) is 0 Å². The van der Waals surface area contributed by atoms with Crippen molar-refractivity contribution in [3.63, 3.8) is 0 Å².